The van der Waals surface area contributed by atoms with Gasteiger partial charge in [-0.3, -0.25) is 4.79 Å². The van der Waals surface area contributed by atoms with Gasteiger partial charge in [0.25, 0.3) is 5.91 Å². The monoisotopic (exact) mass is 275 g/mol. The van der Waals surface area contributed by atoms with E-state index in [4.69, 9.17) is 0 Å². The van der Waals surface area contributed by atoms with Gasteiger partial charge in [-0.15, -0.1) is 0 Å². The molecule has 1 fully saturated rings. The van der Waals surface area contributed by atoms with Gasteiger partial charge in [0.2, 0.25) is 0 Å². The Morgan fingerprint density at radius 3 is 2.70 bits per heavy atom. The molecule has 1 atom stereocenters. The molecule has 110 valence electrons. The summed E-state index contributed by atoms with van der Waals surface area (Å²) in [4.78, 5) is 14.1. The summed E-state index contributed by atoms with van der Waals surface area (Å²) < 4.78 is 0. The minimum Gasteiger partial charge on any atom is -0.382 e. The fourth-order valence-electron chi connectivity index (χ4n) is 2.60. The van der Waals surface area contributed by atoms with Crippen molar-refractivity contribution in [2.45, 2.75) is 32.2 Å². The molecule has 1 saturated heterocycles. The van der Waals surface area contributed by atoms with Crippen LogP contribution in [0, 0.1) is 0 Å². The molecule has 1 heterocycles. The van der Waals surface area contributed by atoms with Crippen LogP contribution in [0.3, 0.4) is 0 Å². The van der Waals surface area contributed by atoms with Crippen LogP contribution in [-0.2, 0) is 0 Å². The lowest BCUT2D eigenvalue weighted by Crippen LogP contribution is -2.23. The number of anilines is 1. The molecular formula is C16H25N3O. The molecule has 4 nitrogen and oxygen atoms in total. The van der Waals surface area contributed by atoms with E-state index in [-0.39, 0.29) is 5.91 Å². The van der Waals surface area contributed by atoms with Gasteiger partial charge in [-0.25, -0.2) is 0 Å². The van der Waals surface area contributed by atoms with E-state index in [0.717, 1.165) is 17.8 Å². The lowest BCUT2D eigenvalue weighted by molar-refractivity contribution is 0.0956. The van der Waals surface area contributed by atoms with Gasteiger partial charge in [-0.1, -0.05) is 0 Å². The van der Waals surface area contributed by atoms with Crippen molar-refractivity contribution in [1.29, 1.82) is 0 Å². The van der Waals surface area contributed by atoms with Crippen LogP contribution in [0.2, 0.25) is 0 Å². The summed E-state index contributed by atoms with van der Waals surface area (Å²) in [7, 11) is 2.18. The quantitative estimate of drug-likeness (QED) is 0.886. The molecule has 1 aliphatic heterocycles. The van der Waals surface area contributed by atoms with Crippen molar-refractivity contribution >= 4 is 11.6 Å². The Morgan fingerprint density at radius 1 is 1.25 bits per heavy atom. The van der Waals surface area contributed by atoms with E-state index < -0.39 is 0 Å². The first kappa shape index (κ1) is 14.9. The van der Waals surface area contributed by atoms with Crippen LogP contribution < -0.4 is 10.6 Å². The van der Waals surface area contributed by atoms with Crippen LogP contribution in [0.5, 0.6) is 0 Å². The van der Waals surface area contributed by atoms with Crippen LogP contribution in [0.4, 0.5) is 5.69 Å². The van der Waals surface area contributed by atoms with Crippen LogP contribution in [0.25, 0.3) is 0 Å². The second kappa shape index (κ2) is 7.29. The molecule has 0 radical (unpaired) electrons. The molecule has 0 bridgehead atoms. The van der Waals surface area contributed by atoms with Crippen LogP contribution in [-0.4, -0.2) is 43.5 Å². The molecule has 1 amide bonds. The number of rotatable bonds is 4. The van der Waals surface area contributed by atoms with Crippen molar-refractivity contribution in [1.82, 2.24) is 10.2 Å². The molecule has 0 saturated carbocycles. The van der Waals surface area contributed by atoms with Crippen LogP contribution in [0.1, 0.15) is 36.5 Å². The Kier molecular flexibility index (Phi) is 5.41. The van der Waals surface area contributed by atoms with Gasteiger partial charge in [0, 0.05) is 23.8 Å². The summed E-state index contributed by atoms with van der Waals surface area (Å²) in [6, 6.07) is 8.31. The summed E-state index contributed by atoms with van der Waals surface area (Å²) >= 11 is 0. The number of carbonyl (C=O) groups excluding carboxylic acids is 1. The van der Waals surface area contributed by atoms with Gasteiger partial charge in [-0.2, -0.15) is 0 Å². The predicted molar refractivity (Wildman–Crippen MR) is 83.2 cm³/mol. The van der Waals surface area contributed by atoms with E-state index in [1.54, 1.807) is 0 Å². The molecule has 1 aliphatic rings. The maximum atomic E-state index is 11.7. The molecule has 0 aromatic heterocycles. The summed E-state index contributed by atoms with van der Waals surface area (Å²) in [5.41, 5.74) is 1.82. The lowest BCUT2D eigenvalue weighted by Gasteiger charge is -2.18. The van der Waals surface area contributed by atoms with Gasteiger partial charge in [-0.05, 0) is 70.6 Å². The Balaban J connectivity index is 1.91. The van der Waals surface area contributed by atoms with Gasteiger partial charge in [0.1, 0.15) is 0 Å². The van der Waals surface area contributed by atoms with Crippen molar-refractivity contribution in [3.8, 4) is 0 Å². The second-order valence-electron chi connectivity index (χ2n) is 5.51. The highest BCUT2D eigenvalue weighted by molar-refractivity contribution is 5.94. The van der Waals surface area contributed by atoms with Gasteiger partial charge in [0.05, 0.1) is 0 Å². The minimum atomic E-state index is -0.00450. The van der Waals surface area contributed by atoms with E-state index in [0.29, 0.717) is 12.6 Å². The van der Waals surface area contributed by atoms with Gasteiger partial charge in [0.15, 0.2) is 0 Å². The average molecular weight is 275 g/mol. The number of amides is 1. The summed E-state index contributed by atoms with van der Waals surface area (Å²) in [6.45, 7) is 4.92. The lowest BCUT2D eigenvalue weighted by atomic mass is 10.1. The largest absolute Gasteiger partial charge is 0.382 e. The average Bonchev–Trinajstić information content (AvgIpc) is 2.65. The SMILES string of the molecule is CCNC(=O)c1ccc(NC2CCCN(C)CC2)cc1. The number of hydrogen-bond acceptors (Lipinski definition) is 3. The third kappa shape index (κ3) is 4.23. The molecule has 4 heteroatoms. The molecule has 2 rings (SSSR count). The number of hydrogen-bond donors (Lipinski definition) is 2. The molecule has 0 spiro atoms. The third-order valence-electron chi connectivity index (χ3n) is 3.81. The van der Waals surface area contributed by atoms with Crippen molar-refractivity contribution in [3.63, 3.8) is 0 Å². The fourth-order valence-corrected chi connectivity index (χ4v) is 2.60. The third-order valence-corrected chi connectivity index (χ3v) is 3.81. The molecule has 1 aromatic carbocycles. The zero-order valence-electron chi connectivity index (χ0n) is 12.5. The number of nitrogens with one attached hydrogen (secondary N) is 2. The molecule has 2 N–H and O–H groups in total. The van der Waals surface area contributed by atoms with E-state index >= 15 is 0 Å². The van der Waals surface area contributed by atoms with Gasteiger partial charge < -0.3 is 15.5 Å². The molecule has 1 unspecified atom stereocenters. The van der Waals surface area contributed by atoms with Crippen LogP contribution >= 0.6 is 0 Å². The van der Waals surface area contributed by atoms with E-state index in [2.05, 4.69) is 22.6 Å². The summed E-state index contributed by atoms with van der Waals surface area (Å²) in [5, 5.41) is 6.39. The first-order valence-corrected chi connectivity index (χ1v) is 7.52. The Hall–Kier alpha value is -1.55. The Bertz CT molecular complexity index is 430. The van der Waals surface area contributed by atoms with Gasteiger partial charge >= 0.3 is 0 Å². The zero-order valence-corrected chi connectivity index (χ0v) is 12.5. The zero-order chi connectivity index (χ0) is 14.4. The Morgan fingerprint density at radius 2 is 2.00 bits per heavy atom. The highest BCUT2D eigenvalue weighted by Crippen LogP contribution is 2.17. The first-order valence-electron chi connectivity index (χ1n) is 7.52. The topological polar surface area (TPSA) is 44.4 Å². The highest BCUT2D eigenvalue weighted by Gasteiger charge is 2.14. The number of carbonyl (C=O) groups is 1. The maximum absolute atomic E-state index is 11.7. The predicted octanol–water partition coefficient (Wildman–Crippen LogP) is 2.33. The molecular weight excluding hydrogens is 250 g/mol. The first-order chi connectivity index (χ1) is 9.69. The molecule has 0 aliphatic carbocycles. The van der Waals surface area contributed by atoms with Crippen LogP contribution in [0.15, 0.2) is 24.3 Å². The van der Waals surface area contributed by atoms with Crippen molar-refractivity contribution in [2.24, 2.45) is 0 Å². The van der Waals surface area contributed by atoms with E-state index in [9.17, 15) is 4.79 Å². The van der Waals surface area contributed by atoms with E-state index in [1.807, 2.05) is 31.2 Å². The van der Waals surface area contributed by atoms with E-state index in [1.165, 1.54) is 25.8 Å². The normalized spacial score (nSPS) is 20.2. The number of nitrogens with zero attached hydrogens (tertiary/aromatic N) is 1. The van der Waals surface area contributed by atoms with Crippen molar-refractivity contribution in [3.05, 3.63) is 29.8 Å². The maximum Gasteiger partial charge on any atom is 0.251 e. The summed E-state index contributed by atoms with van der Waals surface area (Å²) in [6.07, 6.45) is 3.63. The summed E-state index contributed by atoms with van der Waals surface area (Å²) in [5.74, 6) is -0.00450. The second-order valence-corrected chi connectivity index (χ2v) is 5.51. The molecule has 20 heavy (non-hydrogen) atoms. The number of likely N-dealkylation sites (tertiary alicyclic amines) is 1. The Labute approximate surface area is 121 Å². The standard InChI is InChI=1S/C16H25N3O/c1-3-17-16(20)13-6-8-15(9-7-13)18-14-5-4-11-19(2)12-10-14/h6-9,14,18H,3-5,10-12H2,1-2H3,(H,17,20). The fraction of sp³-hybridized carbons (Fsp3) is 0.562. The number of benzene rings is 1. The highest BCUT2D eigenvalue weighted by atomic mass is 16.1. The minimum absolute atomic E-state index is 0.00450. The smallest absolute Gasteiger partial charge is 0.251 e. The van der Waals surface area contributed by atoms with Crippen molar-refractivity contribution < 1.29 is 4.79 Å². The van der Waals surface area contributed by atoms with Crippen molar-refractivity contribution in [2.75, 3.05) is 32.0 Å². The molecule has 1 aromatic rings.